The highest BCUT2D eigenvalue weighted by Gasteiger charge is 2.16. The lowest BCUT2D eigenvalue weighted by Crippen LogP contribution is -3.05. The van der Waals surface area contributed by atoms with Gasteiger partial charge in [0.1, 0.15) is 0 Å². The van der Waals surface area contributed by atoms with Crippen LogP contribution >= 0.6 is 23.6 Å². The third kappa shape index (κ3) is 5.89. The molecule has 3 N–H and O–H groups in total. The molecule has 0 fully saturated rings. The molecule has 0 aliphatic rings. The van der Waals surface area contributed by atoms with Crippen LogP contribution in [0.5, 0.6) is 0 Å². The van der Waals surface area contributed by atoms with Crippen molar-refractivity contribution in [1.29, 1.82) is 0 Å². The maximum absolute atomic E-state index is 5.51. The second-order valence-electron chi connectivity index (χ2n) is 6.25. The largest absolute Gasteiger partial charge is 0.362 e. The summed E-state index contributed by atoms with van der Waals surface area (Å²) in [6.07, 6.45) is 2.17. The molecule has 24 heavy (non-hydrogen) atoms. The summed E-state index contributed by atoms with van der Waals surface area (Å²) in [5.41, 5.74) is 2.60. The highest BCUT2D eigenvalue weighted by atomic mass is 32.1. The van der Waals surface area contributed by atoms with Gasteiger partial charge in [-0.05, 0) is 41.2 Å². The maximum Gasteiger partial charge on any atom is 0.167 e. The SMILES string of the molecule is CCc1ccc([C@@H](NC(=S)NCCC[NH+](C)C)c2cccs2)cc1. The van der Waals surface area contributed by atoms with E-state index < -0.39 is 0 Å². The summed E-state index contributed by atoms with van der Waals surface area (Å²) in [6, 6.07) is 13.2. The lowest BCUT2D eigenvalue weighted by atomic mass is 10.0. The van der Waals surface area contributed by atoms with Crippen molar-refractivity contribution in [2.45, 2.75) is 25.8 Å². The summed E-state index contributed by atoms with van der Waals surface area (Å²) in [5, 5.41) is 9.66. The Morgan fingerprint density at radius 2 is 1.96 bits per heavy atom. The van der Waals surface area contributed by atoms with Crippen molar-refractivity contribution in [3.8, 4) is 0 Å². The first-order chi connectivity index (χ1) is 11.6. The van der Waals surface area contributed by atoms with Crippen LogP contribution in [0.2, 0.25) is 0 Å². The average Bonchev–Trinajstić information content (AvgIpc) is 3.11. The van der Waals surface area contributed by atoms with Crippen molar-refractivity contribution in [3.63, 3.8) is 0 Å². The van der Waals surface area contributed by atoms with Crippen LogP contribution in [0, 0.1) is 0 Å². The van der Waals surface area contributed by atoms with E-state index in [1.807, 2.05) is 0 Å². The number of aryl methyl sites for hydroxylation is 1. The Kier molecular flexibility index (Phi) is 7.69. The molecule has 1 atom stereocenters. The van der Waals surface area contributed by atoms with Gasteiger partial charge in [0.15, 0.2) is 5.11 Å². The standard InChI is InChI=1S/C19H27N3S2/c1-4-15-8-10-16(11-9-15)18(17-7-5-14-24-17)21-19(23)20-12-6-13-22(2)3/h5,7-11,14,18H,4,6,12-13H2,1-3H3,(H2,20,21,23)/p+1/t18-/m1/s1. The molecule has 0 aliphatic heterocycles. The Labute approximate surface area is 155 Å². The number of thiophene rings is 1. The topological polar surface area (TPSA) is 28.5 Å². The molecule has 2 rings (SSSR count). The van der Waals surface area contributed by atoms with E-state index in [1.54, 1.807) is 11.3 Å². The van der Waals surface area contributed by atoms with Gasteiger partial charge in [-0.15, -0.1) is 11.3 Å². The molecule has 3 nitrogen and oxygen atoms in total. The zero-order valence-corrected chi connectivity index (χ0v) is 16.4. The molecule has 5 heteroatoms. The van der Waals surface area contributed by atoms with Crippen molar-refractivity contribution < 1.29 is 4.90 Å². The van der Waals surface area contributed by atoms with Gasteiger partial charge in [0.25, 0.3) is 0 Å². The van der Waals surface area contributed by atoms with E-state index in [2.05, 4.69) is 73.4 Å². The van der Waals surface area contributed by atoms with Crippen LogP contribution in [0.25, 0.3) is 0 Å². The minimum Gasteiger partial charge on any atom is -0.362 e. The maximum atomic E-state index is 5.51. The summed E-state index contributed by atoms with van der Waals surface area (Å²) in [7, 11) is 4.34. The molecular formula is C19H28N3S2+. The molecule has 1 aromatic carbocycles. The summed E-state index contributed by atoms with van der Waals surface area (Å²) in [6.45, 7) is 4.23. The fourth-order valence-electron chi connectivity index (χ4n) is 2.55. The Balaban J connectivity index is 2.00. The van der Waals surface area contributed by atoms with Crippen LogP contribution in [0.15, 0.2) is 41.8 Å². The van der Waals surface area contributed by atoms with Gasteiger partial charge in [-0.25, -0.2) is 0 Å². The predicted octanol–water partition coefficient (Wildman–Crippen LogP) is 2.40. The average molecular weight is 363 g/mol. The van der Waals surface area contributed by atoms with Crippen LogP contribution < -0.4 is 15.5 Å². The minimum absolute atomic E-state index is 0.107. The lowest BCUT2D eigenvalue weighted by Gasteiger charge is -2.21. The van der Waals surface area contributed by atoms with Crippen molar-refractivity contribution >= 4 is 28.7 Å². The Bertz CT molecular complexity index is 606. The molecule has 1 heterocycles. The monoisotopic (exact) mass is 362 g/mol. The van der Waals surface area contributed by atoms with Gasteiger partial charge in [-0.3, -0.25) is 0 Å². The van der Waals surface area contributed by atoms with Crippen LogP contribution in [0.3, 0.4) is 0 Å². The highest BCUT2D eigenvalue weighted by Crippen LogP contribution is 2.26. The van der Waals surface area contributed by atoms with Gasteiger partial charge in [0.2, 0.25) is 0 Å². The molecule has 0 amide bonds. The molecule has 1 aromatic heterocycles. The molecule has 130 valence electrons. The van der Waals surface area contributed by atoms with Gasteiger partial charge in [0.05, 0.1) is 26.7 Å². The molecule has 0 saturated heterocycles. The number of thiocarbonyl (C=S) groups is 1. The third-order valence-corrected chi connectivity index (χ3v) is 5.16. The van der Waals surface area contributed by atoms with Crippen LogP contribution in [0.1, 0.15) is 35.4 Å². The zero-order valence-electron chi connectivity index (χ0n) is 14.8. The number of nitrogens with one attached hydrogen (secondary N) is 3. The number of hydrogen-bond acceptors (Lipinski definition) is 2. The number of quaternary nitrogens is 1. The van der Waals surface area contributed by atoms with Crippen molar-refractivity contribution in [1.82, 2.24) is 10.6 Å². The van der Waals surface area contributed by atoms with E-state index >= 15 is 0 Å². The fourth-order valence-corrected chi connectivity index (χ4v) is 3.57. The van der Waals surface area contributed by atoms with Crippen LogP contribution in [0.4, 0.5) is 0 Å². The van der Waals surface area contributed by atoms with E-state index in [9.17, 15) is 0 Å². The predicted molar refractivity (Wildman–Crippen MR) is 108 cm³/mol. The second-order valence-corrected chi connectivity index (χ2v) is 7.64. The first-order valence-electron chi connectivity index (χ1n) is 8.55. The quantitative estimate of drug-likeness (QED) is 0.497. The van der Waals surface area contributed by atoms with Crippen molar-refractivity contribution in [3.05, 3.63) is 57.8 Å². The first kappa shape index (κ1) is 18.9. The summed E-state index contributed by atoms with van der Waals surface area (Å²) in [5.74, 6) is 0. The van der Waals surface area contributed by atoms with Crippen molar-refractivity contribution in [2.24, 2.45) is 0 Å². The molecular weight excluding hydrogens is 334 g/mol. The van der Waals surface area contributed by atoms with Crippen LogP contribution in [-0.4, -0.2) is 32.3 Å². The molecule has 0 bridgehead atoms. The van der Waals surface area contributed by atoms with E-state index in [0.717, 1.165) is 31.0 Å². The normalized spacial score (nSPS) is 12.2. The zero-order chi connectivity index (χ0) is 17.4. The molecule has 0 radical (unpaired) electrons. The molecule has 0 saturated carbocycles. The molecule has 0 unspecified atom stereocenters. The minimum atomic E-state index is 0.107. The second kappa shape index (κ2) is 9.77. The lowest BCUT2D eigenvalue weighted by molar-refractivity contribution is -0.858. The van der Waals surface area contributed by atoms with Gasteiger partial charge in [-0.2, -0.15) is 0 Å². The van der Waals surface area contributed by atoms with E-state index in [-0.39, 0.29) is 6.04 Å². The van der Waals surface area contributed by atoms with Gasteiger partial charge < -0.3 is 15.5 Å². The fraction of sp³-hybridized carbons (Fsp3) is 0.421. The van der Waals surface area contributed by atoms with E-state index in [1.165, 1.54) is 20.9 Å². The summed E-state index contributed by atoms with van der Waals surface area (Å²) in [4.78, 5) is 2.74. The molecule has 2 aromatic rings. The Hall–Kier alpha value is -1.43. The van der Waals surface area contributed by atoms with Gasteiger partial charge >= 0.3 is 0 Å². The van der Waals surface area contributed by atoms with Gasteiger partial charge in [0, 0.05) is 17.8 Å². The van der Waals surface area contributed by atoms with E-state index in [0.29, 0.717) is 0 Å². The number of hydrogen-bond donors (Lipinski definition) is 3. The third-order valence-electron chi connectivity index (χ3n) is 3.96. The molecule has 0 aliphatic carbocycles. The van der Waals surface area contributed by atoms with E-state index in [4.69, 9.17) is 12.2 Å². The summed E-state index contributed by atoms with van der Waals surface area (Å²) >= 11 is 7.26. The smallest absolute Gasteiger partial charge is 0.167 e. The number of benzene rings is 1. The van der Waals surface area contributed by atoms with Gasteiger partial charge in [-0.1, -0.05) is 37.3 Å². The Morgan fingerprint density at radius 1 is 1.21 bits per heavy atom. The Morgan fingerprint density at radius 3 is 2.54 bits per heavy atom. The highest BCUT2D eigenvalue weighted by molar-refractivity contribution is 7.80. The molecule has 0 spiro atoms. The van der Waals surface area contributed by atoms with Crippen molar-refractivity contribution in [2.75, 3.05) is 27.2 Å². The first-order valence-corrected chi connectivity index (χ1v) is 9.84. The number of rotatable bonds is 8. The van der Waals surface area contributed by atoms with Crippen LogP contribution in [-0.2, 0) is 6.42 Å². The summed E-state index contributed by atoms with van der Waals surface area (Å²) < 4.78 is 0.